The molecule has 0 aliphatic carbocycles. The Morgan fingerprint density at radius 3 is 2.55 bits per heavy atom. The number of hydrogen-bond acceptors (Lipinski definition) is 3. The number of ether oxygens (including phenoxy) is 1. The van der Waals surface area contributed by atoms with E-state index in [1.165, 1.54) is 0 Å². The maximum atomic E-state index is 11.6. The minimum atomic E-state index is -0.118. The number of carbonyl (C=O) groups is 1. The van der Waals surface area contributed by atoms with Gasteiger partial charge < -0.3 is 15.8 Å². The Balaban J connectivity index is 0.00000361. The first-order chi connectivity index (χ1) is 8.99. The molecule has 0 radical (unpaired) electrons. The van der Waals surface area contributed by atoms with Gasteiger partial charge >= 0.3 is 0 Å². The van der Waals surface area contributed by atoms with Gasteiger partial charge in [-0.1, -0.05) is 32.0 Å². The topological polar surface area (TPSA) is 64.3 Å². The summed E-state index contributed by atoms with van der Waals surface area (Å²) >= 11 is 0. The third kappa shape index (κ3) is 7.36. The summed E-state index contributed by atoms with van der Waals surface area (Å²) in [6, 6.07) is 7.64. The zero-order valence-electron chi connectivity index (χ0n) is 12.4. The average Bonchev–Trinajstić information content (AvgIpc) is 2.34. The highest BCUT2D eigenvalue weighted by molar-refractivity contribution is 5.85. The van der Waals surface area contributed by atoms with Crippen LogP contribution in [0.2, 0.25) is 0 Å². The van der Waals surface area contributed by atoms with Crippen molar-refractivity contribution >= 4 is 18.3 Å². The molecule has 20 heavy (non-hydrogen) atoms. The molecule has 0 saturated carbocycles. The predicted molar refractivity (Wildman–Crippen MR) is 84.1 cm³/mol. The van der Waals surface area contributed by atoms with Crippen LogP contribution in [0.5, 0.6) is 5.75 Å². The van der Waals surface area contributed by atoms with Crippen molar-refractivity contribution in [1.82, 2.24) is 5.32 Å². The van der Waals surface area contributed by atoms with E-state index < -0.39 is 0 Å². The fourth-order valence-corrected chi connectivity index (χ4v) is 1.61. The van der Waals surface area contributed by atoms with Crippen LogP contribution in [0.1, 0.15) is 32.8 Å². The number of amides is 1. The lowest BCUT2D eigenvalue weighted by Gasteiger charge is -2.14. The maximum Gasteiger partial charge on any atom is 0.221 e. The van der Waals surface area contributed by atoms with E-state index >= 15 is 0 Å². The Labute approximate surface area is 127 Å². The summed E-state index contributed by atoms with van der Waals surface area (Å²) in [7, 11) is 0. The second-order valence-corrected chi connectivity index (χ2v) is 5.27. The van der Waals surface area contributed by atoms with Crippen molar-refractivity contribution in [2.75, 3.05) is 6.61 Å². The molecule has 1 aromatic rings. The van der Waals surface area contributed by atoms with E-state index in [0.29, 0.717) is 25.5 Å². The molecule has 0 fully saturated rings. The monoisotopic (exact) mass is 300 g/mol. The molecule has 0 aliphatic heterocycles. The number of carbonyl (C=O) groups excluding carboxylic acids is 1. The lowest BCUT2D eigenvalue weighted by atomic mass is 10.2. The van der Waals surface area contributed by atoms with Crippen LogP contribution in [0.4, 0.5) is 0 Å². The third-order valence-corrected chi connectivity index (χ3v) is 2.53. The van der Waals surface area contributed by atoms with Crippen molar-refractivity contribution in [3.63, 3.8) is 0 Å². The molecule has 0 bridgehead atoms. The highest BCUT2D eigenvalue weighted by Gasteiger charge is 2.08. The van der Waals surface area contributed by atoms with Crippen molar-refractivity contribution < 1.29 is 9.53 Å². The molecule has 5 heteroatoms. The quantitative estimate of drug-likeness (QED) is 0.813. The maximum absolute atomic E-state index is 11.6. The second-order valence-electron chi connectivity index (χ2n) is 5.27. The summed E-state index contributed by atoms with van der Waals surface area (Å²) in [5.74, 6) is 1.27. The van der Waals surface area contributed by atoms with E-state index in [0.717, 1.165) is 11.3 Å². The molecular formula is C15H25ClN2O2. The number of nitrogens with one attached hydrogen (secondary N) is 1. The second kappa shape index (κ2) is 9.61. The van der Waals surface area contributed by atoms with E-state index in [1.54, 1.807) is 0 Å². The number of para-hydroxylation sites is 1. The van der Waals surface area contributed by atoms with E-state index in [9.17, 15) is 4.79 Å². The third-order valence-electron chi connectivity index (χ3n) is 2.53. The minimum Gasteiger partial charge on any atom is -0.493 e. The SMILES string of the molecule is CC(C)COc1ccccc1CNC(=O)CC(C)N.Cl. The summed E-state index contributed by atoms with van der Waals surface area (Å²) in [5, 5.41) is 2.86. The predicted octanol–water partition coefficient (Wildman–Crippen LogP) is 2.50. The van der Waals surface area contributed by atoms with Gasteiger partial charge in [0.05, 0.1) is 6.61 Å². The first-order valence-electron chi connectivity index (χ1n) is 6.72. The number of nitrogens with two attached hydrogens (primary N) is 1. The van der Waals surface area contributed by atoms with Gasteiger partial charge in [-0.25, -0.2) is 0 Å². The lowest BCUT2D eigenvalue weighted by Crippen LogP contribution is -2.29. The molecular weight excluding hydrogens is 276 g/mol. The van der Waals surface area contributed by atoms with Gasteiger partial charge in [-0.15, -0.1) is 12.4 Å². The van der Waals surface area contributed by atoms with Gasteiger partial charge in [0.15, 0.2) is 0 Å². The van der Waals surface area contributed by atoms with Crippen LogP contribution in [0, 0.1) is 5.92 Å². The highest BCUT2D eigenvalue weighted by atomic mass is 35.5. The van der Waals surface area contributed by atoms with Crippen molar-refractivity contribution in [1.29, 1.82) is 0 Å². The first kappa shape index (κ1) is 18.7. The molecule has 1 atom stereocenters. The molecule has 1 aromatic carbocycles. The summed E-state index contributed by atoms with van der Waals surface area (Å²) < 4.78 is 5.74. The largest absolute Gasteiger partial charge is 0.493 e. The van der Waals surface area contributed by atoms with Crippen LogP contribution in [-0.2, 0) is 11.3 Å². The van der Waals surface area contributed by atoms with Crippen LogP contribution >= 0.6 is 12.4 Å². The van der Waals surface area contributed by atoms with Crippen LogP contribution in [-0.4, -0.2) is 18.6 Å². The van der Waals surface area contributed by atoms with Crippen molar-refractivity contribution in [3.05, 3.63) is 29.8 Å². The van der Waals surface area contributed by atoms with Crippen LogP contribution in [0.15, 0.2) is 24.3 Å². The van der Waals surface area contributed by atoms with Crippen LogP contribution in [0.3, 0.4) is 0 Å². The number of rotatable bonds is 7. The molecule has 114 valence electrons. The van der Waals surface area contributed by atoms with Crippen LogP contribution in [0.25, 0.3) is 0 Å². The summed E-state index contributed by atoms with van der Waals surface area (Å²) in [4.78, 5) is 11.6. The number of benzene rings is 1. The standard InChI is InChI=1S/C15H24N2O2.ClH/c1-11(2)10-19-14-7-5-4-6-13(14)9-17-15(18)8-12(3)16;/h4-7,11-12H,8-10,16H2,1-3H3,(H,17,18);1H. The van der Waals surface area contributed by atoms with Gasteiger partial charge in [-0.05, 0) is 18.9 Å². The molecule has 4 nitrogen and oxygen atoms in total. The van der Waals surface area contributed by atoms with Crippen molar-refractivity contribution in [2.45, 2.75) is 39.8 Å². The van der Waals surface area contributed by atoms with Crippen LogP contribution < -0.4 is 15.8 Å². The van der Waals surface area contributed by atoms with Crippen molar-refractivity contribution in [3.8, 4) is 5.75 Å². The van der Waals surface area contributed by atoms with Gasteiger partial charge in [-0.2, -0.15) is 0 Å². The zero-order chi connectivity index (χ0) is 14.3. The minimum absolute atomic E-state index is 0. The zero-order valence-corrected chi connectivity index (χ0v) is 13.2. The molecule has 0 aliphatic rings. The van der Waals surface area contributed by atoms with Gasteiger partial charge in [0.2, 0.25) is 5.91 Å². The highest BCUT2D eigenvalue weighted by Crippen LogP contribution is 2.18. The fourth-order valence-electron chi connectivity index (χ4n) is 1.61. The smallest absolute Gasteiger partial charge is 0.221 e. The molecule has 3 N–H and O–H groups in total. The molecule has 1 unspecified atom stereocenters. The van der Waals surface area contributed by atoms with Gasteiger partial charge in [0.25, 0.3) is 0 Å². The Kier molecular flexibility index (Phi) is 9.01. The Hall–Kier alpha value is -1.26. The van der Waals surface area contributed by atoms with Gasteiger partial charge in [0.1, 0.15) is 5.75 Å². The number of hydrogen-bond donors (Lipinski definition) is 2. The van der Waals surface area contributed by atoms with E-state index in [4.69, 9.17) is 10.5 Å². The van der Waals surface area contributed by atoms with Gasteiger partial charge in [-0.3, -0.25) is 4.79 Å². The molecule has 0 spiro atoms. The Bertz CT molecular complexity index is 409. The first-order valence-corrected chi connectivity index (χ1v) is 6.72. The Morgan fingerprint density at radius 2 is 1.95 bits per heavy atom. The summed E-state index contributed by atoms with van der Waals surface area (Å²) in [6.07, 6.45) is 0.342. The number of halogens is 1. The summed E-state index contributed by atoms with van der Waals surface area (Å²) in [5.41, 5.74) is 6.57. The summed E-state index contributed by atoms with van der Waals surface area (Å²) in [6.45, 7) is 7.17. The van der Waals surface area contributed by atoms with Gasteiger partial charge in [0, 0.05) is 24.6 Å². The average molecular weight is 301 g/mol. The molecule has 1 rings (SSSR count). The fraction of sp³-hybridized carbons (Fsp3) is 0.533. The Morgan fingerprint density at radius 1 is 1.30 bits per heavy atom. The molecule has 1 amide bonds. The van der Waals surface area contributed by atoms with E-state index in [1.807, 2.05) is 31.2 Å². The lowest BCUT2D eigenvalue weighted by molar-refractivity contribution is -0.121. The molecule has 0 heterocycles. The normalized spacial score (nSPS) is 11.7. The molecule has 0 saturated heterocycles. The molecule has 0 aromatic heterocycles. The van der Waals surface area contributed by atoms with Crippen molar-refractivity contribution in [2.24, 2.45) is 11.7 Å². The van der Waals surface area contributed by atoms with E-state index in [-0.39, 0.29) is 24.4 Å². The van der Waals surface area contributed by atoms with E-state index in [2.05, 4.69) is 19.2 Å².